The predicted molar refractivity (Wildman–Crippen MR) is 84.2 cm³/mol. The molecular weight excluding hydrogens is 250 g/mol. The first-order chi connectivity index (χ1) is 9.48. The molecule has 0 aliphatic carbocycles. The highest BCUT2D eigenvalue weighted by Crippen LogP contribution is 2.29. The molecular formula is C16H33N3O. The molecule has 1 unspecified atom stereocenters. The van der Waals surface area contributed by atoms with Gasteiger partial charge in [0.1, 0.15) is 0 Å². The van der Waals surface area contributed by atoms with Crippen LogP contribution in [-0.2, 0) is 4.74 Å². The average molecular weight is 283 g/mol. The maximum atomic E-state index is 5.89. The normalized spacial score (nSPS) is 28.9. The van der Waals surface area contributed by atoms with Crippen molar-refractivity contribution in [3.05, 3.63) is 0 Å². The Morgan fingerprint density at radius 1 is 1.25 bits per heavy atom. The van der Waals surface area contributed by atoms with E-state index in [4.69, 9.17) is 4.74 Å². The molecule has 4 heteroatoms. The molecule has 2 aliphatic rings. The number of hydrogen-bond donors (Lipinski definition) is 1. The molecule has 20 heavy (non-hydrogen) atoms. The Balaban J connectivity index is 1.67. The molecule has 0 spiro atoms. The Labute approximate surface area is 124 Å². The van der Waals surface area contributed by atoms with Gasteiger partial charge < -0.3 is 15.0 Å². The van der Waals surface area contributed by atoms with Gasteiger partial charge in [0.05, 0.1) is 12.7 Å². The summed E-state index contributed by atoms with van der Waals surface area (Å²) in [4.78, 5) is 4.96. The zero-order valence-corrected chi connectivity index (χ0v) is 13.8. The molecule has 4 nitrogen and oxygen atoms in total. The van der Waals surface area contributed by atoms with E-state index in [1.54, 1.807) is 0 Å². The van der Waals surface area contributed by atoms with Crippen LogP contribution in [0.5, 0.6) is 0 Å². The van der Waals surface area contributed by atoms with Gasteiger partial charge in [-0.25, -0.2) is 0 Å². The maximum absolute atomic E-state index is 5.89. The third-order valence-corrected chi connectivity index (χ3v) is 5.02. The van der Waals surface area contributed by atoms with E-state index in [0.717, 1.165) is 32.8 Å². The fraction of sp³-hybridized carbons (Fsp3) is 1.00. The highest BCUT2D eigenvalue weighted by molar-refractivity contribution is 4.84. The van der Waals surface area contributed by atoms with Crippen molar-refractivity contribution in [1.82, 2.24) is 15.1 Å². The number of piperidine rings is 1. The minimum atomic E-state index is 0.362. The van der Waals surface area contributed by atoms with Gasteiger partial charge in [0.15, 0.2) is 0 Å². The second-order valence-electron chi connectivity index (χ2n) is 7.33. The van der Waals surface area contributed by atoms with Crippen LogP contribution < -0.4 is 5.32 Å². The lowest BCUT2D eigenvalue weighted by Crippen LogP contribution is -2.50. The Bertz CT molecular complexity index is 287. The van der Waals surface area contributed by atoms with E-state index < -0.39 is 0 Å². The zero-order valence-electron chi connectivity index (χ0n) is 13.8. The molecule has 0 amide bonds. The molecule has 0 saturated carbocycles. The number of hydrogen-bond acceptors (Lipinski definition) is 4. The van der Waals surface area contributed by atoms with Crippen LogP contribution in [0, 0.1) is 5.41 Å². The maximum Gasteiger partial charge on any atom is 0.0826 e. The molecule has 2 saturated heterocycles. The molecule has 0 aromatic heterocycles. The highest BCUT2D eigenvalue weighted by atomic mass is 16.5. The predicted octanol–water partition coefficient (Wildman–Crippen LogP) is 1.42. The summed E-state index contributed by atoms with van der Waals surface area (Å²) in [6.07, 6.45) is 2.97. The molecule has 0 radical (unpaired) electrons. The first kappa shape index (κ1) is 16.2. The van der Waals surface area contributed by atoms with Gasteiger partial charge in [0.2, 0.25) is 0 Å². The van der Waals surface area contributed by atoms with Crippen LogP contribution in [-0.4, -0.2) is 74.9 Å². The summed E-state index contributed by atoms with van der Waals surface area (Å²) < 4.78 is 5.89. The van der Waals surface area contributed by atoms with Gasteiger partial charge in [-0.2, -0.15) is 0 Å². The SMILES string of the molecule is CC(C)N1CCOC(CNCC2(C)CCN(C)CC2)C1. The van der Waals surface area contributed by atoms with Gasteiger partial charge in [0.25, 0.3) is 0 Å². The number of morpholine rings is 1. The molecule has 2 fully saturated rings. The Hall–Kier alpha value is -0.160. The monoisotopic (exact) mass is 283 g/mol. The third kappa shape index (κ3) is 4.69. The van der Waals surface area contributed by atoms with E-state index in [1.807, 2.05) is 0 Å². The molecule has 0 bridgehead atoms. The molecule has 2 heterocycles. The summed E-state index contributed by atoms with van der Waals surface area (Å²) in [6, 6.07) is 0.632. The van der Waals surface area contributed by atoms with Crippen LogP contribution in [0.3, 0.4) is 0 Å². The molecule has 2 aliphatic heterocycles. The van der Waals surface area contributed by atoms with Gasteiger partial charge in [-0.1, -0.05) is 6.92 Å². The fourth-order valence-corrected chi connectivity index (χ4v) is 3.20. The topological polar surface area (TPSA) is 27.7 Å². The lowest BCUT2D eigenvalue weighted by atomic mass is 9.80. The molecule has 0 aromatic carbocycles. The van der Waals surface area contributed by atoms with E-state index >= 15 is 0 Å². The first-order valence-corrected chi connectivity index (χ1v) is 8.23. The van der Waals surface area contributed by atoms with Crippen LogP contribution in [0.25, 0.3) is 0 Å². The average Bonchev–Trinajstić information content (AvgIpc) is 2.43. The Morgan fingerprint density at radius 2 is 1.95 bits per heavy atom. The van der Waals surface area contributed by atoms with Gasteiger partial charge in [-0.15, -0.1) is 0 Å². The zero-order chi connectivity index (χ0) is 14.6. The number of ether oxygens (including phenoxy) is 1. The van der Waals surface area contributed by atoms with Crippen LogP contribution in [0.4, 0.5) is 0 Å². The quantitative estimate of drug-likeness (QED) is 0.826. The van der Waals surface area contributed by atoms with Crippen molar-refractivity contribution >= 4 is 0 Å². The van der Waals surface area contributed by atoms with Crippen molar-refractivity contribution in [1.29, 1.82) is 0 Å². The van der Waals surface area contributed by atoms with E-state index in [2.05, 4.69) is 42.9 Å². The summed E-state index contributed by atoms with van der Waals surface area (Å²) in [7, 11) is 2.23. The second-order valence-corrected chi connectivity index (χ2v) is 7.33. The van der Waals surface area contributed by atoms with Crippen molar-refractivity contribution < 1.29 is 4.74 Å². The summed E-state index contributed by atoms with van der Waals surface area (Å²) in [5, 5.41) is 3.67. The van der Waals surface area contributed by atoms with E-state index in [-0.39, 0.29) is 0 Å². The summed E-state index contributed by atoms with van der Waals surface area (Å²) in [6.45, 7) is 14.6. The van der Waals surface area contributed by atoms with Crippen molar-refractivity contribution in [2.75, 3.05) is 52.9 Å². The molecule has 2 rings (SSSR count). The fourth-order valence-electron chi connectivity index (χ4n) is 3.20. The van der Waals surface area contributed by atoms with Crippen LogP contribution in [0.15, 0.2) is 0 Å². The number of nitrogens with zero attached hydrogens (tertiary/aromatic N) is 2. The van der Waals surface area contributed by atoms with Crippen molar-refractivity contribution in [2.24, 2.45) is 5.41 Å². The van der Waals surface area contributed by atoms with Gasteiger partial charge in [0, 0.05) is 32.2 Å². The first-order valence-electron chi connectivity index (χ1n) is 8.23. The Morgan fingerprint density at radius 3 is 2.60 bits per heavy atom. The third-order valence-electron chi connectivity index (χ3n) is 5.02. The van der Waals surface area contributed by atoms with E-state index in [1.165, 1.54) is 25.9 Å². The standard InChI is InChI=1S/C16H33N3O/c1-14(2)19-9-10-20-15(12-19)11-17-13-16(3)5-7-18(4)8-6-16/h14-15,17H,5-13H2,1-4H3. The van der Waals surface area contributed by atoms with Crippen LogP contribution >= 0.6 is 0 Å². The van der Waals surface area contributed by atoms with Gasteiger partial charge in [-0.3, -0.25) is 4.90 Å². The highest BCUT2D eigenvalue weighted by Gasteiger charge is 2.29. The van der Waals surface area contributed by atoms with Crippen molar-refractivity contribution in [3.63, 3.8) is 0 Å². The molecule has 1 atom stereocenters. The second kappa shape index (κ2) is 7.21. The van der Waals surface area contributed by atoms with E-state index in [9.17, 15) is 0 Å². The van der Waals surface area contributed by atoms with Crippen LogP contribution in [0.1, 0.15) is 33.6 Å². The Kier molecular flexibility index (Phi) is 5.84. The summed E-state index contributed by atoms with van der Waals surface area (Å²) in [5.41, 5.74) is 0.471. The van der Waals surface area contributed by atoms with E-state index in [0.29, 0.717) is 17.6 Å². The van der Waals surface area contributed by atoms with Gasteiger partial charge in [-0.05, 0) is 52.2 Å². The lowest BCUT2D eigenvalue weighted by molar-refractivity contribution is -0.0383. The summed E-state index contributed by atoms with van der Waals surface area (Å²) >= 11 is 0. The van der Waals surface area contributed by atoms with Gasteiger partial charge >= 0.3 is 0 Å². The lowest BCUT2D eigenvalue weighted by Gasteiger charge is -2.39. The minimum absolute atomic E-state index is 0.362. The van der Waals surface area contributed by atoms with Crippen LogP contribution in [0.2, 0.25) is 0 Å². The molecule has 1 N–H and O–H groups in total. The number of likely N-dealkylation sites (tertiary alicyclic amines) is 1. The summed E-state index contributed by atoms with van der Waals surface area (Å²) in [5.74, 6) is 0. The number of rotatable bonds is 5. The smallest absolute Gasteiger partial charge is 0.0826 e. The van der Waals surface area contributed by atoms with Crippen molar-refractivity contribution in [3.8, 4) is 0 Å². The largest absolute Gasteiger partial charge is 0.374 e. The van der Waals surface area contributed by atoms with Crippen molar-refractivity contribution in [2.45, 2.75) is 45.8 Å². The molecule has 0 aromatic rings. The number of nitrogens with one attached hydrogen (secondary N) is 1. The molecule has 118 valence electrons. The minimum Gasteiger partial charge on any atom is -0.374 e.